The lowest BCUT2D eigenvalue weighted by atomic mass is 9.91. The zero-order valence-corrected chi connectivity index (χ0v) is 18.1. The molecule has 0 bridgehead atoms. The van der Waals surface area contributed by atoms with E-state index >= 15 is 0 Å². The fourth-order valence-corrected chi connectivity index (χ4v) is 4.38. The van der Waals surface area contributed by atoms with E-state index < -0.39 is 5.69 Å². The number of benzene rings is 2. The maximum absolute atomic E-state index is 12.9. The average Bonchev–Trinajstić information content (AvgIpc) is 2.74. The van der Waals surface area contributed by atoms with Crippen LogP contribution < -0.4 is 5.69 Å². The van der Waals surface area contributed by atoms with Crippen molar-refractivity contribution in [3.05, 3.63) is 70.1 Å². The van der Waals surface area contributed by atoms with Crippen molar-refractivity contribution in [2.45, 2.75) is 27.2 Å². The van der Waals surface area contributed by atoms with E-state index in [1.54, 1.807) is 31.2 Å². The number of nitrogens with one attached hydrogen (secondary N) is 1. The van der Waals surface area contributed by atoms with Crippen molar-refractivity contribution in [3.8, 4) is 28.3 Å². The quantitative estimate of drug-likeness (QED) is 0.668. The van der Waals surface area contributed by atoms with E-state index in [0.29, 0.717) is 34.4 Å². The largest absolute Gasteiger partial charge is 0.508 e. The van der Waals surface area contributed by atoms with Crippen LogP contribution in [0.5, 0.6) is 5.75 Å². The first-order valence-corrected chi connectivity index (χ1v) is 10.6. The van der Waals surface area contributed by atoms with E-state index in [4.69, 9.17) is 0 Å². The van der Waals surface area contributed by atoms with Gasteiger partial charge in [0.2, 0.25) is 0 Å². The maximum Gasteiger partial charge on any atom is 0.345 e. The zero-order chi connectivity index (χ0) is 22.1. The van der Waals surface area contributed by atoms with Gasteiger partial charge < -0.3 is 15.0 Å². The Morgan fingerprint density at radius 2 is 1.68 bits per heavy atom. The van der Waals surface area contributed by atoms with Crippen molar-refractivity contribution in [3.63, 3.8) is 0 Å². The number of carbonyl (C=O) groups is 1. The van der Waals surface area contributed by atoms with Gasteiger partial charge in [0.05, 0.1) is 11.4 Å². The molecule has 6 heteroatoms. The molecule has 0 spiro atoms. The van der Waals surface area contributed by atoms with Gasteiger partial charge in [-0.3, -0.25) is 4.79 Å². The molecule has 6 nitrogen and oxygen atoms in total. The van der Waals surface area contributed by atoms with Crippen LogP contribution in [0.25, 0.3) is 22.5 Å². The lowest BCUT2D eigenvalue weighted by Gasteiger charge is -2.35. The zero-order valence-electron chi connectivity index (χ0n) is 18.1. The number of aromatic hydroxyl groups is 1. The number of piperidine rings is 1. The van der Waals surface area contributed by atoms with Crippen LogP contribution in [0, 0.1) is 18.8 Å². The minimum absolute atomic E-state index is 0.0495. The van der Waals surface area contributed by atoms with E-state index in [9.17, 15) is 14.7 Å². The summed E-state index contributed by atoms with van der Waals surface area (Å²) in [6, 6.07) is 14.2. The topological polar surface area (TPSA) is 86.3 Å². The predicted molar refractivity (Wildman–Crippen MR) is 121 cm³/mol. The second-order valence-electron chi connectivity index (χ2n) is 8.72. The van der Waals surface area contributed by atoms with Gasteiger partial charge in [0.25, 0.3) is 5.91 Å². The summed E-state index contributed by atoms with van der Waals surface area (Å²) in [5.74, 6) is 1.27. The molecule has 3 aromatic rings. The van der Waals surface area contributed by atoms with Gasteiger partial charge in [0.15, 0.2) is 0 Å². The Labute approximate surface area is 181 Å². The number of H-pyrrole nitrogens is 1. The number of aryl methyl sites for hydroxylation is 1. The number of hydrogen-bond donors (Lipinski definition) is 2. The van der Waals surface area contributed by atoms with Crippen LogP contribution in [-0.4, -0.2) is 39.0 Å². The second kappa shape index (κ2) is 8.38. The number of aromatic amines is 1. The first-order chi connectivity index (χ1) is 14.8. The molecule has 31 heavy (non-hydrogen) atoms. The van der Waals surface area contributed by atoms with Crippen LogP contribution in [0.2, 0.25) is 0 Å². The molecule has 1 aliphatic rings. The number of hydrogen-bond acceptors (Lipinski definition) is 4. The van der Waals surface area contributed by atoms with Gasteiger partial charge in [-0.1, -0.05) is 26.0 Å². The molecule has 2 atom stereocenters. The summed E-state index contributed by atoms with van der Waals surface area (Å²) < 4.78 is 0. The van der Waals surface area contributed by atoms with Gasteiger partial charge >= 0.3 is 5.69 Å². The van der Waals surface area contributed by atoms with Gasteiger partial charge in [-0.25, -0.2) is 4.79 Å². The Morgan fingerprint density at radius 1 is 1.03 bits per heavy atom. The fraction of sp³-hybridized carbons (Fsp3) is 0.320. The Balaban J connectivity index is 1.60. The molecule has 1 saturated heterocycles. The molecule has 0 radical (unpaired) electrons. The summed E-state index contributed by atoms with van der Waals surface area (Å²) in [4.78, 5) is 33.9. The van der Waals surface area contributed by atoms with Gasteiger partial charge in [-0.2, -0.15) is 4.98 Å². The molecule has 1 aliphatic heterocycles. The summed E-state index contributed by atoms with van der Waals surface area (Å²) in [5.41, 5.74) is 3.62. The number of nitrogens with zero attached hydrogens (tertiary/aromatic N) is 2. The minimum Gasteiger partial charge on any atom is -0.508 e. The molecular weight excluding hydrogens is 390 g/mol. The molecule has 2 unspecified atom stereocenters. The number of amides is 1. The number of phenols is 1. The standard InChI is InChI=1S/C25H27N3O3/c1-15-10-16(2)14-28(13-15)24(30)19-6-4-18(5-7-19)21-12-22(27-25(31)26-21)20-8-9-23(29)17(3)11-20/h4-9,11-12,15-16,29H,10,13-14H2,1-3H3,(H,26,27,31). The molecule has 0 saturated carbocycles. The van der Waals surface area contributed by atoms with E-state index in [2.05, 4.69) is 23.8 Å². The molecule has 160 valence electrons. The third kappa shape index (κ3) is 4.53. The number of carbonyl (C=O) groups excluding carboxylic acids is 1. The van der Waals surface area contributed by atoms with Crippen LogP contribution in [0.15, 0.2) is 53.3 Å². The van der Waals surface area contributed by atoms with Gasteiger partial charge in [0, 0.05) is 24.2 Å². The number of rotatable bonds is 3. The highest BCUT2D eigenvalue weighted by molar-refractivity contribution is 5.94. The van der Waals surface area contributed by atoms with Crippen LogP contribution >= 0.6 is 0 Å². The summed E-state index contributed by atoms with van der Waals surface area (Å²) in [6.45, 7) is 7.75. The highest BCUT2D eigenvalue weighted by Crippen LogP contribution is 2.27. The lowest BCUT2D eigenvalue weighted by molar-refractivity contribution is 0.0623. The Hall–Kier alpha value is -3.41. The Kier molecular flexibility index (Phi) is 5.63. The number of phenolic OH excluding ortho intramolecular Hbond substituents is 1. The van der Waals surface area contributed by atoms with Crippen molar-refractivity contribution >= 4 is 5.91 Å². The van der Waals surface area contributed by atoms with E-state index in [1.165, 1.54) is 0 Å². The van der Waals surface area contributed by atoms with E-state index in [0.717, 1.165) is 30.6 Å². The van der Waals surface area contributed by atoms with Gasteiger partial charge in [-0.15, -0.1) is 0 Å². The summed E-state index contributed by atoms with van der Waals surface area (Å²) in [7, 11) is 0. The van der Waals surface area contributed by atoms with E-state index in [-0.39, 0.29) is 11.7 Å². The van der Waals surface area contributed by atoms with Crippen LogP contribution in [-0.2, 0) is 0 Å². The minimum atomic E-state index is -0.449. The monoisotopic (exact) mass is 417 g/mol. The summed E-state index contributed by atoms with van der Waals surface area (Å²) >= 11 is 0. The third-order valence-electron chi connectivity index (χ3n) is 5.84. The lowest BCUT2D eigenvalue weighted by Crippen LogP contribution is -2.42. The number of likely N-dealkylation sites (tertiary alicyclic amines) is 1. The molecule has 2 heterocycles. The summed E-state index contributed by atoms with van der Waals surface area (Å²) in [6.07, 6.45) is 1.15. The molecule has 1 aromatic heterocycles. The SMILES string of the molecule is Cc1cc(-c2cc(-c3ccc(C(=O)N4CC(C)CC(C)C4)cc3)[nH]c(=O)n2)ccc1O. The molecule has 2 aromatic carbocycles. The first kappa shape index (κ1) is 20.8. The van der Waals surface area contributed by atoms with Crippen molar-refractivity contribution in [1.82, 2.24) is 14.9 Å². The summed E-state index contributed by atoms with van der Waals surface area (Å²) in [5, 5.41) is 9.75. The number of aromatic nitrogens is 2. The van der Waals surface area contributed by atoms with Gasteiger partial charge in [0.1, 0.15) is 5.75 Å². The smallest absolute Gasteiger partial charge is 0.345 e. The second-order valence-corrected chi connectivity index (χ2v) is 8.72. The third-order valence-corrected chi connectivity index (χ3v) is 5.84. The van der Waals surface area contributed by atoms with E-state index in [1.807, 2.05) is 29.2 Å². The average molecular weight is 418 g/mol. The van der Waals surface area contributed by atoms with Crippen LogP contribution in [0.4, 0.5) is 0 Å². The van der Waals surface area contributed by atoms with Crippen molar-refractivity contribution in [2.24, 2.45) is 11.8 Å². The molecule has 1 amide bonds. The van der Waals surface area contributed by atoms with Crippen molar-refractivity contribution < 1.29 is 9.90 Å². The normalized spacial score (nSPS) is 18.7. The van der Waals surface area contributed by atoms with Crippen LogP contribution in [0.3, 0.4) is 0 Å². The molecular formula is C25H27N3O3. The first-order valence-electron chi connectivity index (χ1n) is 10.6. The Bertz CT molecular complexity index is 1160. The Morgan fingerprint density at radius 3 is 2.32 bits per heavy atom. The maximum atomic E-state index is 12.9. The molecule has 4 rings (SSSR count). The van der Waals surface area contributed by atoms with Crippen molar-refractivity contribution in [1.29, 1.82) is 0 Å². The van der Waals surface area contributed by atoms with Gasteiger partial charge in [-0.05, 0) is 72.7 Å². The highest BCUT2D eigenvalue weighted by atomic mass is 16.3. The predicted octanol–water partition coefficient (Wildman–Crippen LogP) is 4.24. The molecule has 0 aliphatic carbocycles. The van der Waals surface area contributed by atoms with Crippen LogP contribution in [0.1, 0.15) is 36.2 Å². The highest BCUT2D eigenvalue weighted by Gasteiger charge is 2.26. The van der Waals surface area contributed by atoms with Crippen molar-refractivity contribution in [2.75, 3.05) is 13.1 Å². The molecule has 2 N–H and O–H groups in total. The molecule has 1 fully saturated rings. The fourth-order valence-electron chi connectivity index (χ4n) is 4.38.